The van der Waals surface area contributed by atoms with Gasteiger partial charge in [-0.1, -0.05) is 46.3 Å². The van der Waals surface area contributed by atoms with Gasteiger partial charge in [-0.2, -0.15) is 5.10 Å². The molecule has 0 spiro atoms. The van der Waals surface area contributed by atoms with Crippen LogP contribution in [0, 0.1) is 0 Å². The molecule has 2 aromatic rings. The molecule has 0 aliphatic heterocycles. The van der Waals surface area contributed by atoms with Crippen LogP contribution in [0.4, 0.5) is 5.69 Å². The van der Waals surface area contributed by atoms with Crippen molar-refractivity contribution in [2.24, 2.45) is 5.10 Å². The van der Waals surface area contributed by atoms with Crippen LogP contribution in [0.2, 0.25) is 0 Å². The molecule has 1 amide bonds. The van der Waals surface area contributed by atoms with E-state index in [1.807, 2.05) is 61.5 Å². The van der Waals surface area contributed by atoms with Crippen LogP contribution in [-0.2, 0) is 4.79 Å². The second-order valence-corrected chi connectivity index (χ2v) is 5.38. The number of hydrogen-bond acceptors (Lipinski definition) is 3. The van der Waals surface area contributed by atoms with Crippen LogP contribution in [0.5, 0.6) is 0 Å². The molecule has 108 valence electrons. The molecule has 4 nitrogen and oxygen atoms in total. The summed E-state index contributed by atoms with van der Waals surface area (Å²) in [6, 6.07) is 17.3. The summed E-state index contributed by atoms with van der Waals surface area (Å²) in [5.41, 5.74) is 5.16. The van der Waals surface area contributed by atoms with Crippen LogP contribution in [0.15, 0.2) is 64.2 Å². The number of halogens is 1. The quantitative estimate of drug-likeness (QED) is 0.644. The summed E-state index contributed by atoms with van der Waals surface area (Å²) in [5.74, 6) is -0.187. The summed E-state index contributed by atoms with van der Waals surface area (Å²) in [6.45, 7) is 2.03. The zero-order valence-electron chi connectivity index (χ0n) is 11.6. The van der Waals surface area contributed by atoms with Gasteiger partial charge in [0.25, 0.3) is 5.91 Å². The number of nitrogens with zero attached hydrogens (tertiary/aromatic N) is 1. The van der Waals surface area contributed by atoms with Crippen molar-refractivity contribution in [3.8, 4) is 0 Å². The molecule has 21 heavy (non-hydrogen) atoms. The molecule has 0 unspecified atom stereocenters. The average molecular weight is 346 g/mol. The van der Waals surface area contributed by atoms with Gasteiger partial charge in [-0.3, -0.25) is 4.79 Å². The Morgan fingerprint density at radius 3 is 2.62 bits per heavy atom. The lowest BCUT2D eigenvalue weighted by Gasteiger charge is -2.06. The Labute approximate surface area is 132 Å². The second kappa shape index (κ2) is 7.59. The van der Waals surface area contributed by atoms with Gasteiger partial charge in [-0.25, -0.2) is 5.43 Å². The summed E-state index contributed by atoms with van der Waals surface area (Å²) in [4.78, 5) is 11.7. The van der Waals surface area contributed by atoms with Gasteiger partial charge in [-0.05, 0) is 36.8 Å². The van der Waals surface area contributed by atoms with E-state index in [2.05, 4.69) is 31.8 Å². The first-order chi connectivity index (χ1) is 10.1. The SMILES string of the molecule is C/C(=N\NC(=O)CNc1ccccc1)c1cccc(Br)c1. The van der Waals surface area contributed by atoms with Crippen LogP contribution in [0.3, 0.4) is 0 Å². The maximum atomic E-state index is 11.7. The fourth-order valence-electron chi connectivity index (χ4n) is 1.70. The monoisotopic (exact) mass is 345 g/mol. The van der Waals surface area contributed by atoms with Crippen molar-refractivity contribution < 1.29 is 4.79 Å². The highest BCUT2D eigenvalue weighted by molar-refractivity contribution is 9.10. The minimum absolute atomic E-state index is 0.180. The number of carbonyl (C=O) groups excluding carboxylic acids is 1. The number of carbonyl (C=O) groups is 1. The van der Waals surface area contributed by atoms with Crippen molar-refractivity contribution in [1.82, 2.24) is 5.43 Å². The molecule has 0 saturated heterocycles. The molecule has 2 N–H and O–H groups in total. The molecule has 5 heteroatoms. The van der Waals surface area contributed by atoms with Crippen molar-refractivity contribution in [1.29, 1.82) is 0 Å². The number of anilines is 1. The average Bonchev–Trinajstić information content (AvgIpc) is 2.51. The fourth-order valence-corrected chi connectivity index (χ4v) is 2.10. The molecule has 0 saturated carbocycles. The minimum Gasteiger partial charge on any atom is -0.376 e. The number of benzene rings is 2. The molecule has 0 radical (unpaired) electrons. The van der Waals surface area contributed by atoms with Crippen molar-refractivity contribution in [2.75, 3.05) is 11.9 Å². The van der Waals surface area contributed by atoms with Crippen LogP contribution in [0.25, 0.3) is 0 Å². The summed E-state index contributed by atoms with van der Waals surface area (Å²) < 4.78 is 0.978. The Morgan fingerprint density at radius 1 is 1.14 bits per heavy atom. The largest absolute Gasteiger partial charge is 0.376 e. The van der Waals surface area contributed by atoms with E-state index in [9.17, 15) is 4.79 Å². The third-order valence-electron chi connectivity index (χ3n) is 2.82. The van der Waals surface area contributed by atoms with Gasteiger partial charge in [0, 0.05) is 10.2 Å². The van der Waals surface area contributed by atoms with Gasteiger partial charge in [0.2, 0.25) is 0 Å². The van der Waals surface area contributed by atoms with Gasteiger partial charge in [0.05, 0.1) is 12.3 Å². The lowest BCUT2D eigenvalue weighted by molar-refractivity contribution is -0.119. The minimum atomic E-state index is -0.187. The first-order valence-corrected chi connectivity index (χ1v) is 7.32. The van der Waals surface area contributed by atoms with E-state index in [0.717, 1.165) is 21.4 Å². The number of amides is 1. The Morgan fingerprint density at radius 2 is 1.90 bits per heavy atom. The second-order valence-electron chi connectivity index (χ2n) is 4.46. The molecule has 2 rings (SSSR count). The summed E-state index contributed by atoms with van der Waals surface area (Å²) in [7, 11) is 0. The van der Waals surface area contributed by atoms with Gasteiger partial charge in [0.1, 0.15) is 0 Å². The third-order valence-corrected chi connectivity index (χ3v) is 3.31. The topological polar surface area (TPSA) is 53.5 Å². The number of para-hydroxylation sites is 1. The molecule has 2 aromatic carbocycles. The van der Waals surface area contributed by atoms with Crippen molar-refractivity contribution >= 4 is 33.2 Å². The number of hydrogen-bond donors (Lipinski definition) is 2. The smallest absolute Gasteiger partial charge is 0.259 e. The molecule has 0 atom stereocenters. The molecule has 0 aliphatic carbocycles. The molecule has 0 aromatic heterocycles. The highest BCUT2D eigenvalue weighted by atomic mass is 79.9. The van der Waals surface area contributed by atoms with E-state index in [1.54, 1.807) is 0 Å². The van der Waals surface area contributed by atoms with Crippen LogP contribution in [0.1, 0.15) is 12.5 Å². The van der Waals surface area contributed by atoms with E-state index < -0.39 is 0 Å². The van der Waals surface area contributed by atoms with Crippen LogP contribution < -0.4 is 10.7 Å². The maximum absolute atomic E-state index is 11.7. The van der Waals surface area contributed by atoms with E-state index >= 15 is 0 Å². The van der Waals surface area contributed by atoms with Crippen molar-refractivity contribution in [2.45, 2.75) is 6.92 Å². The first kappa shape index (κ1) is 15.3. The Balaban J connectivity index is 1.87. The molecular formula is C16H16BrN3O. The van der Waals surface area contributed by atoms with Crippen molar-refractivity contribution in [3.63, 3.8) is 0 Å². The Bertz CT molecular complexity index is 641. The predicted octanol–water partition coefficient (Wildman–Crippen LogP) is 3.40. The highest BCUT2D eigenvalue weighted by Gasteiger charge is 2.01. The predicted molar refractivity (Wildman–Crippen MR) is 89.4 cm³/mol. The molecule has 0 heterocycles. The van der Waals surface area contributed by atoms with E-state index in [0.29, 0.717) is 0 Å². The van der Waals surface area contributed by atoms with Crippen LogP contribution >= 0.6 is 15.9 Å². The zero-order chi connectivity index (χ0) is 15.1. The third kappa shape index (κ3) is 5.04. The molecular weight excluding hydrogens is 330 g/mol. The fraction of sp³-hybridized carbons (Fsp3) is 0.125. The summed E-state index contributed by atoms with van der Waals surface area (Å²) in [5, 5.41) is 7.13. The number of hydrazone groups is 1. The zero-order valence-corrected chi connectivity index (χ0v) is 13.2. The lowest BCUT2D eigenvalue weighted by Crippen LogP contribution is -2.26. The first-order valence-electron chi connectivity index (χ1n) is 6.53. The van der Waals surface area contributed by atoms with Crippen LogP contribution in [-0.4, -0.2) is 18.2 Å². The van der Waals surface area contributed by atoms with Gasteiger partial charge in [-0.15, -0.1) is 0 Å². The normalized spacial score (nSPS) is 11.0. The van der Waals surface area contributed by atoms with E-state index in [4.69, 9.17) is 0 Å². The van der Waals surface area contributed by atoms with Crippen molar-refractivity contribution in [3.05, 3.63) is 64.6 Å². The summed E-state index contributed by atoms with van der Waals surface area (Å²) >= 11 is 3.41. The standard InChI is InChI=1S/C16H16BrN3O/c1-12(13-6-5-7-14(17)10-13)19-20-16(21)11-18-15-8-3-2-4-9-15/h2-10,18H,11H2,1H3,(H,20,21)/b19-12+. The molecule has 0 fully saturated rings. The number of nitrogens with one attached hydrogen (secondary N) is 2. The number of rotatable bonds is 5. The maximum Gasteiger partial charge on any atom is 0.259 e. The molecule has 0 bridgehead atoms. The lowest BCUT2D eigenvalue weighted by atomic mass is 10.1. The highest BCUT2D eigenvalue weighted by Crippen LogP contribution is 2.12. The molecule has 0 aliphatic rings. The van der Waals surface area contributed by atoms with E-state index in [-0.39, 0.29) is 12.5 Å². The van der Waals surface area contributed by atoms with Gasteiger partial charge >= 0.3 is 0 Å². The van der Waals surface area contributed by atoms with Gasteiger partial charge in [0.15, 0.2) is 0 Å². The Hall–Kier alpha value is -2.14. The van der Waals surface area contributed by atoms with E-state index in [1.165, 1.54) is 0 Å². The Kier molecular flexibility index (Phi) is 5.51. The van der Waals surface area contributed by atoms with Gasteiger partial charge < -0.3 is 5.32 Å². The summed E-state index contributed by atoms with van der Waals surface area (Å²) in [6.07, 6.45) is 0.